The Kier molecular flexibility index (Phi) is 11.1. The molecule has 1 aliphatic rings. The number of methoxy groups -OCH3 is 1. The molecule has 8 nitrogen and oxygen atoms in total. The first-order valence-corrected chi connectivity index (χ1v) is 13.6. The third-order valence-corrected chi connectivity index (χ3v) is 7.52. The number of halogens is 2. The molecule has 0 N–H and O–H groups in total. The van der Waals surface area contributed by atoms with Crippen LogP contribution in [0.3, 0.4) is 0 Å². The second kappa shape index (κ2) is 14.3. The molecule has 39 heavy (non-hydrogen) atoms. The summed E-state index contributed by atoms with van der Waals surface area (Å²) in [5, 5.41) is -0.707. The zero-order chi connectivity index (χ0) is 28.5. The molecule has 0 aromatic heterocycles. The van der Waals surface area contributed by atoms with Crippen LogP contribution in [-0.2, 0) is 28.6 Å². The van der Waals surface area contributed by atoms with Crippen LogP contribution in [0.25, 0.3) is 0 Å². The molecule has 1 unspecified atom stereocenters. The van der Waals surface area contributed by atoms with Crippen LogP contribution in [0.4, 0.5) is 10.1 Å². The number of anilines is 1. The number of esters is 2. The van der Waals surface area contributed by atoms with Crippen LogP contribution in [0.1, 0.15) is 49.9 Å². The van der Waals surface area contributed by atoms with E-state index in [1.807, 2.05) is 0 Å². The Morgan fingerprint density at radius 3 is 2.36 bits per heavy atom. The summed E-state index contributed by atoms with van der Waals surface area (Å²) in [6, 6.07) is 10.2. The molecular formula is C28H29ClFNO7S. The minimum atomic E-state index is -0.926. The maximum Gasteiger partial charge on any atom is 0.336 e. The fourth-order valence-electron chi connectivity index (χ4n) is 3.97. The van der Waals surface area contributed by atoms with Gasteiger partial charge < -0.3 is 14.2 Å². The van der Waals surface area contributed by atoms with E-state index < -0.39 is 34.8 Å². The number of carbonyl (C=O) groups excluding carboxylic acids is 4. The lowest BCUT2D eigenvalue weighted by molar-refractivity contribution is -0.151. The van der Waals surface area contributed by atoms with Crippen LogP contribution in [0, 0.1) is 5.82 Å². The van der Waals surface area contributed by atoms with Gasteiger partial charge in [-0.05, 0) is 63.8 Å². The van der Waals surface area contributed by atoms with Crippen molar-refractivity contribution in [3.05, 3.63) is 70.0 Å². The Bertz CT molecular complexity index is 1270. The quantitative estimate of drug-likeness (QED) is 0.116. The molecule has 0 fully saturated rings. The van der Waals surface area contributed by atoms with E-state index in [2.05, 4.69) is 0 Å². The second-order valence-electron chi connectivity index (χ2n) is 8.54. The molecule has 0 radical (unpaired) electrons. The molecule has 2 amide bonds. The number of imide groups is 1. The highest BCUT2D eigenvalue weighted by Crippen LogP contribution is 2.38. The summed E-state index contributed by atoms with van der Waals surface area (Å²) in [7, 11) is 1.24. The maximum atomic E-state index is 15.5. The van der Waals surface area contributed by atoms with Crippen molar-refractivity contribution in [3.63, 3.8) is 0 Å². The number of ether oxygens (including phenoxy) is 3. The summed E-state index contributed by atoms with van der Waals surface area (Å²) < 4.78 is 30.4. The molecule has 3 rings (SSSR count). The summed E-state index contributed by atoms with van der Waals surface area (Å²) >= 11 is 7.26. The van der Waals surface area contributed by atoms with Gasteiger partial charge in [-0.25, -0.2) is 14.1 Å². The topological polar surface area (TPSA) is 99.2 Å². The van der Waals surface area contributed by atoms with Gasteiger partial charge in [0, 0.05) is 28.2 Å². The van der Waals surface area contributed by atoms with Crippen molar-refractivity contribution in [2.45, 2.75) is 49.7 Å². The summed E-state index contributed by atoms with van der Waals surface area (Å²) in [4.78, 5) is 53.5. The standard InChI is InChI=1S/C28H29ClFNO7S/c1-4-37-16-38-28(35)20-13-9-8-12-19(20)26(33)31(25(32)18-10-6-5-7-11-18)23-15-24(21(29)14-22(23)30)39-17(2)27(34)36-3/h5-7,10-11,14-15,17H,4,8-9,12-13,16H2,1-3H3. The number of nitrogens with zero attached hydrogens (tertiary/aromatic N) is 1. The van der Waals surface area contributed by atoms with E-state index in [0.29, 0.717) is 24.3 Å². The number of rotatable bonds is 10. The lowest BCUT2D eigenvalue weighted by Gasteiger charge is -2.27. The predicted molar refractivity (Wildman–Crippen MR) is 145 cm³/mol. The first-order valence-electron chi connectivity index (χ1n) is 12.3. The van der Waals surface area contributed by atoms with Crippen LogP contribution in [-0.4, -0.2) is 49.5 Å². The van der Waals surface area contributed by atoms with Gasteiger partial charge in [-0.15, -0.1) is 11.8 Å². The van der Waals surface area contributed by atoms with Crippen LogP contribution in [0.5, 0.6) is 0 Å². The van der Waals surface area contributed by atoms with Crippen molar-refractivity contribution in [2.75, 3.05) is 25.4 Å². The Balaban J connectivity index is 2.13. The Hall–Kier alpha value is -3.21. The van der Waals surface area contributed by atoms with Gasteiger partial charge in [0.05, 0.1) is 17.8 Å². The average molecular weight is 578 g/mol. The minimum absolute atomic E-state index is 0.00589. The van der Waals surface area contributed by atoms with Crippen LogP contribution in [0.15, 0.2) is 58.5 Å². The lowest BCUT2D eigenvalue weighted by atomic mass is 9.90. The smallest absolute Gasteiger partial charge is 0.336 e. The van der Waals surface area contributed by atoms with E-state index in [9.17, 15) is 19.2 Å². The molecule has 1 atom stereocenters. The first-order chi connectivity index (χ1) is 18.7. The van der Waals surface area contributed by atoms with Crippen molar-refractivity contribution < 1.29 is 37.8 Å². The molecule has 11 heteroatoms. The number of hydrogen-bond acceptors (Lipinski definition) is 8. The summed E-state index contributed by atoms with van der Waals surface area (Å²) in [6.07, 6.45) is 1.70. The Morgan fingerprint density at radius 2 is 1.72 bits per heavy atom. The van der Waals surface area contributed by atoms with Crippen molar-refractivity contribution in [3.8, 4) is 0 Å². The van der Waals surface area contributed by atoms with Crippen molar-refractivity contribution in [2.24, 2.45) is 0 Å². The maximum absolute atomic E-state index is 15.5. The number of hydrogen-bond donors (Lipinski definition) is 0. The Morgan fingerprint density at radius 1 is 1.05 bits per heavy atom. The van der Waals surface area contributed by atoms with E-state index in [1.54, 1.807) is 32.0 Å². The fourth-order valence-corrected chi connectivity index (χ4v) is 5.18. The second-order valence-corrected chi connectivity index (χ2v) is 10.3. The van der Waals surface area contributed by atoms with Crippen LogP contribution >= 0.6 is 23.4 Å². The van der Waals surface area contributed by atoms with E-state index in [0.717, 1.165) is 17.8 Å². The zero-order valence-corrected chi connectivity index (χ0v) is 23.4. The van der Waals surface area contributed by atoms with E-state index in [-0.39, 0.29) is 51.9 Å². The SMILES string of the molecule is CCOCOC(=O)C1=C(C(=O)N(C(=O)c2ccccc2)c2cc(SC(C)C(=O)OC)c(Cl)cc2F)CCCC1. The molecule has 2 aromatic rings. The number of carbonyl (C=O) groups is 4. The van der Waals surface area contributed by atoms with Crippen molar-refractivity contribution in [1.82, 2.24) is 0 Å². The van der Waals surface area contributed by atoms with Gasteiger partial charge in [-0.3, -0.25) is 14.4 Å². The molecule has 0 saturated heterocycles. The van der Waals surface area contributed by atoms with Gasteiger partial charge in [0.2, 0.25) is 0 Å². The van der Waals surface area contributed by atoms with Gasteiger partial charge in [0.25, 0.3) is 11.8 Å². The van der Waals surface area contributed by atoms with Crippen molar-refractivity contribution in [1.29, 1.82) is 0 Å². The molecule has 0 spiro atoms. The molecule has 2 aromatic carbocycles. The predicted octanol–water partition coefficient (Wildman–Crippen LogP) is 5.71. The van der Waals surface area contributed by atoms with Gasteiger partial charge in [-0.2, -0.15) is 0 Å². The Labute approximate surface area is 235 Å². The summed E-state index contributed by atoms with van der Waals surface area (Å²) in [5.74, 6) is -3.82. The van der Waals surface area contributed by atoms with Gasteiger partial charge in [0.1, 0.15) is 11.1 Å². The number of thioether (sulfide) groups is 1. The highest BCUT2D eigenvalue weighted by molar-refractivity contribution is 8.00. The summed E-state index contributed by atoms with van der Waals surface area (Å²) in [6.45, 7) is 3.38. The molecule has 0 aliphatic heterocycles. The highest BCUT2D eigenvalue weighted by Gasteiger charge is 2.34. The van der Waals surface area contributed by atoms with Crippen LogP contribution in [0.2, 0.25) is 5.02 Å². The van der Waals surface area contributed by atoms with Gasteiger partial charge >= 0.3 is 11.9 Å². The number of amides is 2. The summed E-state index contributed by atoms with van der Waals surface area (Å²) in [5.41, 5.74) is -0.0363. The number of benzene rings is 2. The molecule has 0 heterocycles. The average Bonchev–Trinajstić information content (AvgIpc) is 2.95. The largest absolute Gasteiger partial charge is 0.468 e. The third-order valence-electron chi connectivity index (χ3n) is 5.96. The normalized spacial score (nSPS) is 14.0. The monoisotopic (exact) mass is 577 g/mol. The van der Waals surface area contributed by atoms with Crippen LogP contribution < -0.4 is 4.90 Å². The van der Waals surface area contributed by atoms with Gasteiger partial charge in [0.15, 0.2) is 6.79 Å². The molecule has 0 bridgehead atoms. The fraction of sp³-hybridized carbons (Fsp3) is 0.357. The molecule has 208 valence electrons. The highest BCUT2D eigenvalue weighted by atomic mass is 35.5. The van der Waals surface area contributed by atoms with Gasteiger partial charge in [-0.1, -0.05) is 29.8 Å². The van der Waals surface area contributed by atoms with E-state index >= 15 is 4.39 Å². The molecular weight excluding hydrogens is 549 g/mol. The lowest BCUT2D eigenvalue weighted by Crippen LogP contribution is -2.40. The zero-order valence-electron chi connectivity index (χ0n) is 21.8. The van der Waals surface area contributed by atoms with E-state index in [4.69, 9.17) is 25.8 Å². The first kappa shape index (κ1) is 30.3. The molecule has 1 aliphatic carbocycles. The van der Waals surface area contributed by atoms with E-state index in [1.165, 1.54) is 25.3 Å². The van der Waals surface area contributed by atoms with Crippen molar-refractivity contribution >= 4 is 52.8 Å². The molecule has 0 saturated carbocycles. The third kappa shape index (κ3) is 7.46. The minimum Gasteiger partial charge on any atom is -0.468 e.